The minimum atomic E-state index is 0.737. The number of halogens is 2. The van der Waals surface area contributed by atoms with Gasteiger partial charge in [-0.2, -0.15) is 0 Å². The fourth-order valence-electron chi connectivity index (χ4n) is 2.64. The SMILES string of the molecule is COc1ccc2c(c1)N(C)c1cc(Cl)cc(NI)c1C2. The maximum Gasteiger partial charge on any atom is 0.120 e. The second kappa shape index (κ2) is 5.33. The summed E-state index contributed by atoms with van der Waals surface area (Å²) in [6.45, 7) is 0. The normalized spacial score (nSPS) is 12.7. The molecular weight excluding hydrogens is 387 g/mol. The van der Waals surface area contributed by atoms with Gasteiger partial charge in [-0.1, -0.05) is 17.7 Å². The lowest BCUT2D eigenvalue weighted by Gasteiger charge is -2.31. The number of rotatable bonds is 2. The van der Waals surface area contributed by atoms with Gasteiger partial charge in [-0.3, -0.25) is 0 Å². The topological polar surface area (TPSA) is 24.5 Å². The highest BCUT2D eigenvalue weighted by Gasteiger charge is 2.23. The Hall–Kier alpha value is -1.14. The van der Waals surface area contributed by atoms with Gasteiger partial charge in [-0.05, 0) is 23.8 Å². The molecule has 2 aromatic rings. The van der Waals surface area contributed by atoms with E-state index in [-0.39, 0.29) is 0 Å². The van der Waals surface area contributed by atoms with Gasteiger partial charge in [0.15, 0.2) is 0 Å². The number of hydrogen-bond acceptors (Lipinski definition) is 3. The first-order chi connectivity index (χ1) is 9.63. The summed E-state index contributed by atoms with van der Waals surface area (Å²) in [5, 5.41) is 0.737. The van der Waals surface area contributed by atoms with Crippen molar-refractivity contribution in [1.82, 2.24) is 0 Å². The van der Waals surface area contributed by atoms with Gasteiger partial charge in [-0.15, -0.1) is 0 Å². The third kappa shape index (κ3) is 2.20. The van der Waals surface area contributed by atoms with E-state index in [2.05, 4.69) is 50.5 Å². The van der Waals surface area contributed by atoms with E-state index in [1.54, 1.807) is 7.11 Å². The Morgan fingerprint density at radius 1 is 1.25 bits per heavy atom. The van der Waals surface area contributed by atoms with Crippen molar-refractivity contribution in [1.29, 1.82) is 0 Å². The molecule has 5 heteroatoms. The van der Waals surface area contributed by atoms with Crippen LogP contribution in [0.2, 0.25) is 5.02 Å². The van der Waals surface area contributed by atoms with Crippen molar-refractivity contribution in [3.05, 3.63) is 46.5 Å². The van der Waals surface area contributed by atoms with Crippen LogP contribution in [0.25, 0.3) is 0 Å². The molecule has 0 aliphatic carbocycles. The predicted octanol–water partition coefficient (Wildman–Crippen LogP) is 4.78. The van der Waals surface area contributed by atoms with Gasteiger partial charge >= 0.3 is 0 Å². The number of anilines is 3. The first kappa shape index (κ1) is 13.8. The van der Waals surface area contributed by atoms with E-state index in [9.17, 15) is 0 Å². The summed E-state index contributed by atoms with van der Waals surface area (Å²) in [5.74, 6) is 0.869. The Balaban J connectivity index is 2.16. The molecule has 0 spiro atoms. The highest BCUT2D eigenvalue weighted by molar-refractivity contribution is 14.1. The van der Waals surface area contributed by atoms with Crippen LogP contribution < -0.4 is 13.2 Å². The molecule has 0 saturated carbocycles. The van der Waals surface area contributed by atoms with Gasteiger partial charge < -0.3 is 13.2 Å². The first-order valence-electron chi connectivity index (χ1n) is 6.23. The smallest absolute Gasteiger partial charge is 0.120 e. The van der Waals surface area contributed by atoms with E-state index < -0.39 is 0 Å². The van der Waals surface area contributed by atoms with Crippen LogP contribution in [0, 0.1) is 0 Å². The third-order valence-electron chi connectivity index (χ3n) is 3.68. The van der Waals surface area contributed by atoms with E-state index in [0.29, 0.717) is 0 Å². The van der Waals surface area contributed by atoms with Crippen molar-refractivity contribution < 1.29 is 4.74 Å². The Bertz CT molecular complexity index is 675. The summed E-state index contributed by atoms with van der Waals surface area (Å²) in [6, 6.07) is 10.2. The average molecular weight is 401 g/mol. The molecule has 0 saturated heterocycles. The van der Waals surface area contributed by atoms with E-state index in [1.165, 1.54) is 16.8 Å². The largest absolute Gasteiger partial charge is 0.497 e. The van der Waals surface area contributed by atoms with Crippen LogP contribution in [0.1, 0.15) is 11.1 Å². The molecule has 1 aliphatic rings. The molecule has 1 aliphatic heterocycles. The number of nitrogens with zero attached hydrogens (tertiary/aromatic N) is 1. The molecule has 0 atom stereocenters. The molecule has 1 heterocycles. The average Bonchev–Trinajstić information content (AvgIpc) is 2.47. The van der Waals surface area contributed by atoms with E-state index in [1.807, 2.05) is 18.2 Å². The lowest BCUT2D eigenvalue weighted by atomic mass is 9.94. The molecule has 0 aromatic heterocycles. The maximum atomic E-state index is 6.22. The van der Waals surface area contributed by atoms with Gasteiger partial charge in [0.1, 0.15) is 5.75 Å². The van der Waals surface area contributed by atoms with Gasteiger partial charge in [0.05, 0.1) is 30.0 Å². The van der Waals surface area contributed by atoms with Gasteiger partial charge in [-0.25, -0.2) is 0 Å². The zero-order chi connectivity index (χ0) is 14.3. The maximum absolute atomic E-state index is 6.22. The second-order valence-corrected chi connectivity index (χ2v) is 5.75. The molecule has 20 heavy (non-hydrogen) atoms. The summed E-state index contributed by atoms with van der Waals surface area (Å²) in [5.41, 5.74) is 5.93. The van der Waals surface area contributed by atoms with Crippen LogP contribution in [-0.4, -0.2) is 14.2 Å². The van der Waals surface area contributed by atoms with Crippen LogP contribution in [0.3, 0.4) is 0 Å². The van der Waals surface area contributed by atoms with Crippen LogP contribution in [0.5, 0.6) is 5.75 Å². The molecule has 1 N–H and O–H groups in total. The lowest BCUT2D eigenvalue weighted by Crippen LogP contribution is -2.19. The second-order valence-electron chi connectivity index (χ2n) is 4.78. The summed E-state index contributed by atoms with van der Waals surface area (Å²) >= 11 is 8.36. The van der Waals surface area contributed by atoms with Gasteiger partial charge in [0.25, 0.3) is 0 Å². The predicted molar refractivity (Wildman–Crippen MR) is 93.0 cm³/mol. The number of nitrogens with one attached hydrogen (secondary N) is 1. The number of methoxy groups -OCH3 is 1. The standard InChI is InChI=1S/C15H14ClIN2O/c1-19-14-8-11(20-2)4-3-9(14)5-12-13(18-17)6-10(16)7-15(12)19/h3-4,6-8,18H,5H2,1-2H3. The number of ether oxygens (including phenoxy) is 1. The summed E-state index contributed by atoms with van der Waals surface area (Å²) < 4.78 is 8.52. The zero-order valence-corrected chi connectivity index (χ0v) is 14.1. The van der Waals surface area contributed by atoms with Crippen LogP contribution >= 0.6 is 34.5 Å². The van der Waals surface area contributed by atoms with Crippen LogP contribution in [-0.2, 0) is 6.42 Å². The zero-order valence-electron chi connectivity index (χ0n) is 11.2. The van der Waals surface area contributed by atoms with Gasteiger partial charge in [0.2, 0.25) is 0 Å². The van der Waals surface area contributed by atoms with E-state index in [4.69, 9.17) is 16.3 Å². The molecule has 0 radical (unpaired) electrons. The van der Waals surface area contributed by atoms with E-state index in [0.717, 1.165) is 28.6 Å². The minimum absolute atomic E-state index is 0.737. The fraction of sp³-hybridized carbons (Fsp3) is 0.200. The Labute approximate surface area is 137 Å². The molecule has 0 unspecified atom stereocenters. The molecule has 2 aromatic carbocycles. The summed E-state index contributed by atoms with van der Waals surface area (Å²) in [6.07, 6.45) is 0.890. The molecule has 0 fully saturated rings. The first-order valence-corrected chi connectivity index (χ1v) is 7.69. The summed E-state index contributed by atoms with van der Waals surface area (Å²) in [7, 11) is 3.75. The van der Waals surface area contributed by atoms with Crippen LogP contribution in [0.15, 0.2) is 30.3 Å². The molecular formula is C15H14ClIN2O. The quantitative estimate of drug-likeness (QED) is 0.580. The van der Waals surface area contributed by atoms with Crippen molar-refractivity contribution >= 4 is 51.5 Å². The lowest BCUT2D eigenvalue weighted by molar-refractivity contribution is 0.414. The number of hydrogen-bond donors (Lipinski definition) is 1. The Kier molecular flexibility index (Phi) is 3.69. The van der Waals surface area contributed by atoms with Crippen molar-refractivity contribution in [2.24, 2.45) is 0 Å². The molecule has 3 nitrogen and oxygen atoms in total. The van der Waals surface area contributed by atoms with Crippen molar-refractivity contribution in [3.63, 3.8) is 0 Å². The molecule has 0 amide bonds. The highest BCUT2D eigenvalue weighted by atomic mass is 127. The van der Waals surface area contributed by atoms with Crippen molar-refractivity contribution in [3.8, 4) is 5.75 Å². The molecule has 3 rings (SSSR count). The summed E-state index contributed by atoms with van der Waals surface area (Å²) in [4.78, 5) is 2.17. The van der Waals surface area contributed by atoms with Gasteiger partial charge in [0, 0.05) is 47.2 Å². The molecule has 0 bridgehead atoms. The Morgan fingerprint density at radius 3 is 2.75 bits per heavy atom. The third-order valence-corrected chi connectivity index (χ3v) is 4.47. The van der Waals surface area contributed by atoms with E-state index >= 15 is 0 Å². The van der Waals surface area contributed by atoms with Crippen molar-refractivity contribution in [2.45, 2.75) is 6.42 Å². The van der Waals surface area contributed by atoms with Crippen molar-refractivity contribution in [2.75, 3.05) is 22.6 Å². The minimum Gasteiger partial charge on any atom is -0.497 e. The molecule has 104 valence electrons. The fourth-order valence-corrected chi connectivity index (χ4v) is 3.34. The monoisotopic (exact) mass is 400 g/mol. The highest BCUT2D eigenvalue weighted by Crippen LogP contribution is 2.43. The Morgan fingerprint density at radius 2 is 2.05 bits per heavy atom. The number of benzene rings is 2. The number of fused-ring (bicyclic) bond motifs is 2. The van der Waals surface area contributed by atoms with Crippen LogP contribution in [0.4, 0.5) is 17.1 Å².